The van der Waals surface area contributed by atoms with Crippen molar-refractivity contribution < 1.29 is 25.5 Å². The van der Waals surface area contributed by atoms with Crippen molar-refractivity contribution in [1.82, 2.24) is 4.90 Å². The average Bonchev–Trinajstić information content (AvgIpc) is 2.39. The number of fused-ring (bicyclic) bond motifs is 1. The molecule has 6 nitrogen and oxygen atoms in total. The van der Waals surface area contributed by atoms with E-state index in [1.54, 1.807) is 4.90 Å². The van der Waals surface area contributed by atoms with Crippen LogP contribution in [0.1, 0.15) is 0 Å². The van der Waals surface area contributed by atoms with Crippen molar-refractivity contribution in [2.45, 2.75) is 36.6 Å². The number of hydrogen-bond donors (Lipinski definition) is 5. The van der Waals surface area contributed by atoms with Gasteiger partial charge in [0, 0.05) is 13.1 Å². The molecule has 0 radical (unpaired) electrons. The van der Waals surface area contributed by atoms with E-state index in [2.05, 4.69) is 0 Å². The maximum absolute atomic E-state index is 9.58. The molecule has 5 N–H and O–H groups in total. The Balaban J connectivity index is 2.18. The summed E-state index contributed by atoms with van der Waals surface area (Å²) in [5, 5.41) is 47.2. The Morgan fingerprint density at radius 1 is 0.714 bits per heavy atom. The molecule has 82 valence electrons. The number of rotatable bonds is 0. The largest absolute Gasteiger partial charge is 0.389 e. The molecular formula is C8H15NO5. The van der Waals surface area contributed by atoms with Gasteiger partial charge in [0.15, 0.2) is 0 Å². The Labute approximate surface area is 81.0 Å². The lowest BCUT2D eigenvalue weighted by Gasteiger charge is -2.40. The standard InChI is InChI=1S/C8H15NO5/c10-3-1-9-2-4(11)7(13)8(14)5(9)6(3)12/h3-8,10-14H,1-2H2/t3-,4+,5?,6-,7+,8+/m0/s1. The van der Waals surface area contributed by atoms with Crippen molar-refractivity contribution in [3.05, 3.63) is 0 Å². The summed E-state index contributed by atoms with van der Waals surface area (Å²) in [6, 6.07) is -0.677. The average molecular weight is 205 g/mol. The summed E-state index contributed by atoms with van der Waals surface area (Å²) in [4.78, 5) is 1.59. The Morgan fingerprint density at radius 2 is 1.21 bits per heavy atom. The topological polar surface area (TPSA) is 104 Å². The fourth-order valence-electron chi connectivity index (χ4n) is 2.31. The zero-order valence-corrected chi connectivity index (χ0v) is 7.56. The van der Waals surface area contributed by atoms with Gasteiger partial charge in [0.2, 0.25) is 0 Å². The van der Waals surface area contributed by atoms with E-state index >= 15 is 0 Å². The van der Waals surface area contributed by atoms with Gasteiger partial charge in [-0.2, -0.15) is 0 Å². The lowest BCUT2D eigenvalue weighted by Crippen LogP contribution is -2.61. The van der Waals surface area contributed by atoms with Crippen molar-refractivity contribution >= 4 is 0 Å². The maximum Gasteiger partial charge on any atom is 0.109 e. The second kappa shape index (κ2) is 3.41. The van der Waals surface area contributed by atoms with Crippen LogP contribution in [0.15, 0.2) is 0 Å². The van der Waals surface area contributed by atoms with Crippen LogP contribution in [0.2, 0.25) is 0 Å². The van der Waals surface area contributed by atoms with Crippen molar-refractivity contribution in [3.8, 4) is 0 Å². The zero-order valence-electron chi connectivity index (χ0n) is 7.56. The normalized spacial score (nSPS) is 54.6. The van der Waals surface area contributed by atoms with Crippen LogP contribution in [0.25, 0.3) is 0 Å². The van der Waals surface area contributed by atoms with E-state index in [9.17, 15) is 25.5 Å². The highest BCUT2D eigenvalue weighted by Gasteiger charge is 2.51. The molecule has 0 aromatic heterocycles. The summed E-state index contributed by atoms with van der Waals surface area (Å²) in [5.74, 6) is 0. The zero-order chi connectivity index (χ0) is 10.5. The SMILES string of the molecule is O[C@@H]1[C@H](O)CN2C[C@H](O)[C@H](O)C2[C@H]1O. The number of aliphatic hydroxyl groups excluding tert-OH is 5. The van der Waals surface area contributed by atoms with Crippen LogP contribution in [0.5, 0.6) is 0 Å². The molecule has 2 aliphatic heterocycles. The second-order valence-electron chi connectivity index (χ2n) is 4.05. The molecule has 0 aromatic carbocycles. The van der Waals surface area contributed by atoms with Crippen LogP contribution in [0, 0.1) is 0 Å². The third-order valence-electron chi connectivity index (χ3n) is 3.10. The van der Waals surface area contributed by atoms with Gasteiger partial charge in [-0.15, -0.1) is 0 Å². The van der Waals surface area contributed by atoms with E-state index in [1.165, 1.54) is 0 Å². The first-order valence-corrected chi connectivity index (χ1v) is 4.66. The van der Waals surface area contributed by atoms with Crippen LogP contribution >= 0.6 is 0 Å². The minimum absolute atomic E-state index is 0.164. The first-order chi connectivity index (χ1) is 6.52. The third-order valence-corrected chi connectivity index (χ3v) is 3.10. The Hall–Kier alpha value is -0.240. The Morgan fingerprint density at radius 3 is 1.79 bits per heavy atom. The first-order valence-electron chi connectivity index (χ1n) is 4.66. The third kappa shape index (κ3) is 1.35. The summed E-state index contributed by atoms with van der Waals surface area (Å²) >= 11 is 0. The van der Waals surface area contributed by atoms with E-state index in [0.717, 1.165) is 0 Å². The molecule has 0 bridgehead atoms. The molecular weight excluding hydrogens is 190 g/mol. The highest BCUT2D eigenvalue weighted by atomic mass is 16.4. The summed E-state index contributed by atoms with van der Waals surface area (Å²) in [5.41, 5.74) is 0. The highest BCUT2D eigenvalue weighted by Crippen LogP contribution is 2.28. The van der Waals surface area contributed by atoms with Crippen molar-refractivity contribution in [2.75, 3.05) is 13.1 Å². The van der Waals surface area contributed by atoms with Crippen LogP contribution < -0.4 is 0 Å². The molecule has 0 amide bonds. The smallest absolute Gasteiger partial charge is 0.109 e. The quantitative estimate of drug-likeness (QED) is 0.281. The van der Waals surface area contributed by atoms with E-state index < -0.39 is 36.6 Å². The highest BCUT2D eigenvalue weighted by molar-refractivity contribution is 5.04. The lowest BCUT2D eigenvalue weighted by atomic mass is 9.93. The minimum atomic E-state index is -1.25. The van der Waals surface area contributed by atoms with Crippen molar-refractivity contribution in [2.24, 2.45) is 0 Å². The molecule has 2 aliphatic rings. The van der Waals surface area contributed by atoms with E-state index in [-0.39, 0.29) is 13.1 Å². The summed E-state index contributed by atoms with van der Waals surface area (Å²) in [6.07, 6.45) is -5.49. The molecule has 6 heteroatoms. The van der Waals surface area contributed by atoms with Crippen molar-refractivity contribution in [3.63, 3.8) is 0 Å². The Kier molecular flexibility index (Phi) is 2.50. The monoisotopic (exact) mass is 205 g/mol. The van der Waals surface area contributed by atoms with Gasteiger partial charge in [0.05, 0.1) is 24.4 Å². The van der Waals surface area contributed by atoms with Gasteiger partial charge >= 0.3 is 0 Å². The second-order valence-corrected chi connectivity index (χ2v) is 4.05. The molecule has 14 heavy (non-hydrogen) atoms. The fourth-order valence-corrected chi connectivity index (χ4v) is 2.31. The first kappa shape index (κ1) is 10.3. The molecule has 0 spiro atoms. The van der Waals surface area contributed by atoms with Gasteiger partial charge in [-0.25, -0.2) is 0 Å². The number of piperidine rings is 1. The molecule has 0 saturated carbocycles. The van der Waals surface area contributed by atoms with Gasteiger partial charge in [-0.3, -0.25) is 4.90 Å². The molecule has 2 saturated heterocycles. The number of aliphatic hydroxyl groups is 5. The molecule has 0 aromatic rings. The maximum atomic E-state index is 9.58. The van der Waals surface area contributed by atoms with Gasteiger partial charge in [0.25, 0.3) is 0 Å². The number of hydrogen-bond acceptors (Lipinski definition) is 6. The van der Waals surface area contributed by atoms with Crippen molar-refractivity contribution in [1.29, 1.82) is 0 Å². The van der Waals surface area contributed by atoms with Crippen LogP contribution in [0.4, 0.5) is 0 Å². The Bertz CT molecular complexity index is 224. The predicted molar refractivity (Wildman–Crippen MR) is 45.4 cm³/mol. The number of nitrogens with zero attached hydrogens (tertiary/aromatic N) is 1. The van der Waals surface area contributed by atoms with Crippen LogP contribution in [0.3, 0.4) is 0 Å². The molecule has 0 aliphatic carbocycles. The molecule has 2 rings (SSSR count). The van der Waals surface area contributed by atoms with Crippen LogP contribution in [-0.2, 0) is 0 Å². The van der Waals surface area contributed by atoms with E-state index in [1.807, 2.05) is 0 Å². The van der Waals surface area contributed by atoms with Gasteiger partial charge in [-0.05, 0) is 0 Å². The van der Waals surface area contributed by atoms with E-state index in [0.29, 0.717) is 0 Å². The molecule has 6 atom stereocenters. The minimum Gasteiger partial charge on any atom is -0.389 e. The fraction of sp³-hybridized carbons (Fsp3) is 1.00. The summed E-state index contributed by atoms with van der Waals surface area (Å²) < 4.78 is 0. The molecule has 1 unspecified atom stereocenters. The lowest BCUT2D eigenvalue weighted by molar-refractivity contribution is -0.142. The van der Waals surface area contributed by atoms with Crippen LogP contribution in [-0.4, -0.2) is 80.1 Å². The predicted octanol–water partition coefficient (Wildman–Crippen LogP) is -3.51. The van der Waals surface area contributed by atoms with E-state index in [4.69, 9.17) is 0 Å². The summed E-state index contributed by atoms with van der Waals surface area (Å²) in [7, 11) is 0. The molecule has 2 fully saturated rings. The summed E-state index contributed by atoms with van der Waals surface area (Å²) in [6.45, 7) is 0.379. The molecule has 2 heterocycles. The van der Waals surface area contributed by atoms with Gasteiger partial charge in [-0.1, -0.05) is 0 Å². The van der Waals surface area contributed by atoms with Gasteiger partial charge in [0.1, 0.15) is 12.2 Å². The van der Waals surface area contributed by atoms with Gasteiger partial charge < -0.3 is 25.5 Å².